The van der Waals surface area contributed by atoms with Crippen molar-refractivity contribution < 1.29 is 13.6 Å². The summed E-state index contributed by atoms with van der Waals surface area (Å²) in [6.07, 6.45) is 1.12. The number of aromatic nitrogens is 1. The standard InChI is InChI=1S/C4H6ClNO3S/c1-3-4(2-9-6-3)10(5,7)8/h2,7-8H,1H3. The van der Waals surface area contributed by atoms with Gasteiger partial charge in [0.25, 0.3) is 0 Å². The van der Waals surface area contributed by atoms with Gasteiger partial charge >= 0.3 is 0 Å². The summed E-state index contributed by atoms with van der Waals surface area (Å²) >= 11 is 0. The highest BCUT2D eigenvalue weighted by molar-refractivity contribution is 8.43. The molecule has 1 rings (SSSR count). The summed E-state index contributed by atoms with van der Waals surface area (Å²) in [6, 6.07) is 0. The molecule has 0 aliphatic heterocycles. The fourth-order valence-electron chi connectivity index (χ4n) is 0.533. The number of rotatable bonds is 1. The van der Waals surface area contributed by atoms with Crippen LogP contribution in [0.5, 0.6) is 0 Å². The topological polar surface area (TPSA) is 66.5 Å². The lowest BCUT2D eigenvalue weighted by molar-refractivity contribution is 0.413. The van der Waals surface area contributed by atoms with E-state index >= 15 is 0 Å². The van der Waals surface area contributed by atoms with Gasteiger partial charge in [0.2, 0.25) is 0 Å². The summed E-state index contributed by atoms with van der Waals surface area (Å²) < 4.78 is 22.2. The summed E-state index contributed by atoms with van der Waals surface area (Å²) in [4.78, 5) is 0.147. The minimum Gasteiger partial charge on any atom is -0.362 e. The average molecular weight is 184 g/mol. The smallest absolute Gasteiger partial charge is 0.148 e. The van der Waals surface area contributed by atoms with Gasteiger partial charge in [-0.3, -0.25) is 9.11 Å². The molecule has 10 heavy (non-hydrogen) atoms. The Balaban J connectivity index is 3.05. The summed E-state index contributed by atoms with van der Waals surface area (Å²) in [5, 5.41) is 3.42. The molecule has 1 heterocycles. The van der Waals surface area contributed by atoms with Gasteiger partial charge in [-0.25, -0.2) is 0 Å². The van der Waals surface area contributed by atoms with E-state index in [1.165, 1.54) is 0 Å². The zero-order chi connectivity index (χ0) is 7.78. The number of hydrogen-bond acceptors (Lipinski definition) is 4. The first-order valence-corrected chi connectivity index (χ1v) is 4.78. The van der Waals surface area contributed by atoms with Crippen LogP contribution in [0.1, 0.15) is 5.69 Å². The minimum absolute atomic E-state index is 0.147. The zero-order valence-corrected chi connectivity index (χ0v) is 6.69. The van der Waals surface area contributed by atoms with Crippen LogP contribution >= 0.6 is 20.5 Å². The predicted molar refractivity (Wildman–Crippen MR) is 38.2 cm³/mol. The maximum atomic E-state index is 8.86. The molecular weight excluding hydrogens is 178 g/mol. The highest BCUT2D eigenvalue weighted by Crippen LogP contribution is 2.53. The van der Waals surface area contributed by atoms with Crippen molar-refractivity contribution in [3.05, 3.63) is 12.0 Å². The fourth-order valence-corrected chi connectivity index (χ4v) is 1.56. The van der Waals surface area contributed by atoms with Gasteiger partial charge in [0.15, 0.2) is 0 Å². The summed E-state index contributed by atoms with van der Waals surface area (Å²) in [5.74, 6) is 0. The van der Waals surface area contributed by atoms with Gasteiger partial charge in [-0.15, -0.1) is 0 Å². The summed E-state index contributed by atoms with van der Waals surface area (Å²) in [6.45, 7) is 1.58. The molecule has 0 atom stereocenters. The molecule has 58 valence electrons. The zero-order valence-electron chi connectivity index (χ0n) is 5.11. The van der Waals surface area contributed by atoms with Crippen LogP contribution in [-0.4, -0.2) is 14.3 Å². The molecule has 0 saturated carbocycles. The van der Waals surface area contributed by atoms with Crippen molar-refractivity contribution in [2.45, 2.75) is 11.8 Å². The van der Waals surface area contributed by atoms with E-state index in [-0.39, 0.29) is 4.90 Å². The summed E-state index contributed by atoms with van der Waals surface area (Å²) in [7, 11) is 2.03. The van der Waals surface area contributed by atoms with E-state index < -0.39 is 9.80 Å². The highest BCUT2D eigenvalue weighted by Gasteiger charge is 2.17. The number of aryl methyl sites for hydroxylation is 1. The quantitative estimate of drug-likeness (QED) is 0.701. The first-order chi connectivity index (χ1) is 4.52. The Hall–Kier alpha value is -0.230. The van der Waals surface area contributed by atoms with Crippen LogP contribution in [0.15, 0.2) is 15.7 Å². The molecule has 4 nitrogen and oxygen atoms in total. The minimum atomic E-state index is -3.17. The van der Waals surface area contributed by atoms with Crippen molar-refractivity contribution >= 4 is 20.5 Å². The molecule has 6 heteroatoms. The van der Waals surface area contributed by atoms with E-state index in [2.05, 4.69) is 9.68 Å². The van der Waals surface area contributed by atoms with Crippen LogP contribution in [0.3, 0.4) is 0 Å². The van der Waals surface area contributed by atoms with Crippen molar-refractivity contribution in [3.63, 3.8) is 0 Å². The monoisotopic (exact) mass is 183 g/mol. The van der Waals surface area contributed by atoms with Crippen LogP contribution in [0, 0.1) is 6.92 Å². The van der Waals surface area contributed by atoms with E-state index in [1.807, 2.05) is 0 Å². The van der Waals surface area contributed by atoms with Crippen molar-refractivity contribution in [3.8, 4) is 0 Å². The van der Waals surface area contributed by atoms with Gasteiger partial charge in [0, 0.05) is 10.7 Å². The van der Waals surface area contributed by atoms with Gasteiger partial charge in [-0.1, -0.05) is 15.0 Å². The van der Waals surface area contributed by atoms with E-state index in [4.69, 9.17) is 19.8 Å². The Morgan fingerprint density at radius 3 is 2.50 bits per heavy atom. The molecule has 0 unspecified atom stereocenters. The molecule has 1 aromatic heterocycles. The van der Waals surface area contributed by atoms with Crippen molar-refractivity contribution in [1.29, 1.82) is 0 Å². The van der Waals surface area contributed by atoms with E-state index in [0.717, 1.165) is 6.26 Å². The fraction of sp³-hybridized carbons (Fsp3) is 0.250. The summed E-state index contributed by atoms with van der Waals surface area (Å²) in [5.41, 5.74) is 0.398. The third kappa shape index (κ3) is 1.43. The Morgan fingerprint density at radius 1 is 1.70 bits per heavy atom. The van der Waals surface area contributed by atoms with Gasteiger partial charge in [0.05, 0.1) is 0 Å². The SMILES string of the molecule is Cc1nocc1S(O)(O)Cl. The lowest BCUT2D eigenvalue weighted by Gasteiger charge is -2.20. The van der Waals surface area contributed by atoms with Crippen molar-refractivity contribution in [2.75, 3.05) is 0 Å². The van der Waals surface area contributed by atoms with Crippen LogP contribution in [-0.2, 0) is 0 Å². The second-order valence-electron chi connectivity index (χ2n) is 1.74. The number of hydrogen-bond donors (Lipinski definition) is 2. The Morgan fingerprint density at radius 2 is 2.30 bits per heavy atom. The van der Waals surface area contributed by atoms with E-state index in [9.17, 15) is 0 Å². The van der Waals surface area contributed by atoms with Crippen LogP contribution in [0.25, 0.3) is 0 Å². The lowest BCUT2D eigenvalue weighted by Crippen LogP contribution is -1.88. The van der Waals surface area contributed by atoms with Gasteiger partial charge in [-0.05, 0) is 6.92 Å². The Kier molecular flexibility index (Phi) is 1.91. The van der Waals surface area contributed by atoms with Crippen LogP contribution in [0.2, 0.25) is 0 Å². The molecule has 0 saturated heterocycles. The second-order valence-corrected chi connectivity index (χ2v) is 4.43. The Bertz CT molecular complexity index is 231. The third-order valence-corrected chi connectivity index (χ3v) is 2.44. The molecule has 0 amide bonds. The second kappa shape index (κ2) is 2.43. The van der Waals surface area contributed by atoms with Gasteiger partial charge in [-0.2, -0.15) is 0 Å². The number of nitrogens with zero attached hydrogens (tertiary/aromatic N) is 1. The van der Waals surface area contributed by atoms with Gasteiger partial charge in [0.1, 0.15) is 16.9 Å². The Labute approximate surface area is 63.6 Å². The van der Waals surface area contributed by atoms with Crippen molar-refractivity contribution in [2.24, 2.45) is 0 Å². The maximum Gasteiger partial charge on any atom is 0.148 e. The molecule has 0 bridgehead atoms. The van der Waals surface area contributed by atoms with Crippen molar-refractivity contribution in [1.82, 2.24) is 5.16 Å². The molecule has 1 aromatic rings. The molecule has 0 aliphatic carbocycles. The molecule has 0 aliphatic rings. The molecular formula is C4H6ClNO3S. The first kappa shape index (κ1) is 7.87. The van der Waals surface area contributed by atoms with Gasteiger partial charge < -0.3 is 4.52 Å². The normalized spacial score (nSPS) is 13.6. The maximum absolute atomic E-state index is 8.86. The molecule has 2 N–H and O–H groups in total. The highest BCUT2D eigenvalue weighted by atomic mass is 35.7. The average Bonchev–Trinajstić information content (AvgIpc) is 2.11. The largest absolute Gasteiger partial charge is 0.362 e. The lowest BCUT2D eigenvalue weighted by atomic mass is 10.5. The molecule has 0 spiro atoms. The van der Waals surface area contributed by atoms with Crippen LogP contribution in [0.4, 0.5) is 0 Å². The predicted octanol–water partition coefficient (Wildman–Crippen LogP) is 2.25. The number of halogens is 1. The molecule has 0 fully saturated rings. The first-order valence-electron chi connectivity index (χ1n) is 2.40. The molecule has 0 aromatic carbocycles. The third-order valence-electron chi connectivity index (χ3n) is 0.986. The van der Waals surface area contributed by atoms with Crippen LogP contribution < -0.4 is 0 Å². The van der Waals surface area contributed by atoms with E-state index in [0.29, 0.717) is 5.69 Å². The van der Waals surface area contributed by atoms with E-state index in [1.54, 1.807) is 6.92 Å². The molecule has 0 radical (unpaired) electrons.